The fourth-order valence-corrected chi connectivity index (χ4v) is 3.15. The first-order chi connectivity index (χ1) is 14.5. The van der Waals surface area contributed by atoms with E-state index in [1.807, 2.05) is 48.7 Å². The number of aromatic nitrogens is 4. The van der Waals surface area contributed by atoms with E-state index in [4.69, 9.17) is 0 Å². The lowest BCUT2D eigenvalue weighted by Crippen LogP contribution is -2.16. The molecular weight excluding hydrogens is 381 g/mol. The van der Waals surface area contributed by atoms with Crippen LogP contribution in [0.3, 0.4) is 0 Å². The van der Waals surface area contributed by atoms with Gasteiger partial charge in [-0.1, -0.05) is 44.2 Å². The van der Waals surface area contributed by atoms with Gasteiger partial charge in [0.05, 0.1) is 12.9 Å². The minimum Gasteiger partial charge on any atom is -0.312 e. The van der Waals surface area contributed by atoms with Crippen LogP contribution >= 0.6 is 0 Å². The summed E-state index contributed by atoms with van der Waals surface area (Å²) in [7, 11) is 0. The average Bonchev–Trinajstić information content (AvgIpc) is 3.38. The van der Waals surface area contributed by atoms with Gasteiger partial charge < -0.3 is 9.88 Å². The number of rotatable bonds is 6. The SMILES string of the molecule is CC(C)c1cc(C(=O)Nc2c(-c3ccc(F)cc3)ncn2Cc2ccccc2)n[nH]1. The molecule has 2 aromatic heterocycles. The fourth-order valence-electron chi connectivity index (χ4n) is 3.15. The standard InChI is InChI=1S/C23H22FN5O/c1-15(2)19-12-20(28-27-19)23(30)26-22-21(17-8-10-18(24)11-9-17)25-14-29(22)13-16-6-4-3-5-7-16/h3-12,14-15H,13H2,1-2H3,(H,26,30)(H,27,28). The Kier molecular flexibility index (Phi) is 5.43. The minimum atomic E-state index is -0.337. The lowest BCUT2D eigenvalue weighted by molar-refractivity contribution is 0.102. The minimum absolute atomic E-state index is 0.234. The van der Waals surface area contributed by atoms with Gasteiger partial charge in [0, 0.05) is 11.3 Å². The van der Waals surface area contributed by atoms with Crippen LogP contribution in [0.15, 0.2) is 67.0 Å². The molecule has 0 atom stereocenters. The van der Waals surface area contributed by atoms with E-state index in [1.165, 1.54) is 12.1 Å². The van der Waals surface area contributed by atoms with Crippen LogP contribution in [0, 0.1) is 5.82 Å². The Labute approximate surface area is 173 Å². The maximum absolute atomic E-state index is 13.4. The van der Waals surface area contributed by atoms with Crippen molar-refractivity contribution in [3.63, 3.8) is 0 Å². The number of hydrogen-bond acceptors (Lipinski definition) is 3. The van der Waals surface area contributed by atoms with E-state index in [2.05, 4.69) is 20.5 Å². The van der Waals surface area contributed by atoms with Gasteiger partial charge >= 0.3 is 0 Å². The molecule has 4 rings (SSSR count). The Hall–Kier alpha value is -3.74. The number of nitrogens with zero attached hydrogens (tertiary/aromatic N) is 3. The number of halogens is 1. The van der Waals surface area contributed by atoms with E-state index in [-0.39, 0.29) is 17.6 Å². The molecular formula is C23H22FN5O. The number of nitrogens with one attached hydrogen (secondary N) is 2. The summed E-state index contributed by atoms with van der Waals surface area (Å²) in [6.07, 6.45) is 1.67. The molecule has 0 aliphatic heterocycles. The highest BCUT2D eigenvalue weighted by atomic mass is 19.1. The fraction of sp³-hybridized carbons (Fsp3) is 0.174. The summed E-state index contributed by atoms with van der Waals surface area (Å²) in [6.45, 7) is 4.58. The van der Waals surface area contributed by atoms with Crippen molar-refractivity contribution >= 4 is 11.7 Å². The molecule has 0 aliphatic rings. The third-order valence-corrected chi connectivity index (χ3v) is 4.84. The molecule has 0 bridgehead atoms. The van der Waals surface area contributed by atoms with Crippen molar-refractivity contribution in [1.29, 1.82) is 0 Å². The first kappa shape index (κ1) is 19.6. The molecule has 0 spiro atoms. The highest BCUT2D eigenvalue weighted by molar-refractivity contribution is 6.04. The van der Waals surface area contributed by atoms with Crippen molar-refractivity contribution in [2.24, 2.45) is 0 Å². The van der Waals surface area contributed by atoms with Crippen LogP contribution in [-0.4, -0.2) is 25.7 Å². The van der Waals surface area contributed by atoms with Crippen LogP contribution in [0.4, 0.5) is 10.2 Å². The number of carbonyl (C=O) groups is 1. The van der Waals surface area contributed by atoms with Crippen LogP contribution in [0.5, 0.6) is 0 Å². The number of aromatic amines is 1. The Bertz CT molecular complexity index is 1150. The zero-order valence-corrected chi connectivity index (χ0v) is 16.8. The van der Waals surface area contributed by atoms with Gasteiger partial charge in [0.2, 0.25) is 0 Å². The van der Waals surface area contributed by atoms with Crippen molar-refractivity contribution in [3.05, 3.63) is 89.8 Å². The van der Waals surface area contributed by atoms with E-state index in [0.717, 1.165) is 11.3 Å². The smallest absolute Gasteiger partial charge is 0.277 e. The number of amides is 1. The molecule has 0 saturated heterocycles. The van der Waals surface area contributed by atoms with Gasteiger partial charge in [-0.25, -0.2) is 9.37 Å². The van der Waals surface area contributed by atoms with Gasteiger partial charge in [0.1, 0.15) is 17.3 Å². The van der Waals surface area contributed by atoms with E-state index in [9.17, 15) is 9.18 Å². The van der Waals surface area contributed by atoms with Gasteiger partial charge in [-0.05, 0) is 41.8 Å². The van der Waals surface area contributed by atoms with Crippen molar-refractivity contribution in [2.45, 2.75) is 26.3 Å². The second kappa shape index (κ2) is 8.32. The Morgan fingerprint density at radius 2 is 1.87 bits per heavy atom. The second-order valence-electron chi connectivity index (χ2n) is 7.38. The molecule has 2 heterocycles. The Morgan fingerprint density at radius 1 is 1.13 bits per heavy atom. The predicted octanol–water partition coefficient (Wildman–Crippen LogP) is 4.84. The predicted molar refractivity (Wildman–Crippen MR) is 114 cm³/mol. The molecule has 2 N–H and O–H groups in total. The molecule has 2 aromatic carbocycles. The summed E-state index contributed by atoms with van der Waals surface area (Å²) < 4.78 is 15.3. The molecule has 0 radical (unpaired) electrons. The topological polar surface area (TPSA) is 75.6 Å². The summed E-state index contributed by atoms with van der Waals surface area (Å²) in [5.41, 5.74) is 3.54. The number of imidazole rings is 1. The molecule has 0 saturated carbocycles. The van der Waals surface area contributed by atoms with Crippen LogP contribution < -0.4 is 5.32 Å². The highest BCUT2D eigenvalue weighted by Crippen LogP contribution is 2.28. The Morgan fingerprint density at radius 3 is 2.53 bits per heavy atom. The molecule has 0 fully saturated rings. The largest absolute Gasteiger partial charge is 0.312 e. The van der Waals surface area contributed by atoms with Crippen molar-refractivity contribution in [3.8, 4) is 11.3 Å². The van der Waals surface area contributed by atoms with Gasteiger partial charge in [-0.2, -0.15) is 5.10 Å². The van der Waals surface area contributed by atoms with Crippen molar-refractivity contribution in [1.82, 2.24) is 19.7 Å². The van der Waals surface area contributed by atoms with E-state index >= 15 is 0 Å². The molecule has 0 aliphatic carbocycles. The molecule has 152 valence electrons. The molecule has 30 heavy (non-hydrogen) atoms. The maximum Gasteiger partial charge on any atom is 0.277 e. The van der Waals surface area contributed by atoms with Crippen molar-refractivity contribution < 1.29 is 9.18 Å². The van der Waals surface area contributed by atoms with Crippen molar-refractivity contribution in [2.75, 3.05) is 5.32 Å². The highest BCUT2D eigenvalue weighted by Gasteiger charge is 2.19. The number of H-pyrrole nitrogens is 1. The van der Waals surface area contributed by atoms with Crippen LogP contribution in [0.1, 0.15) is 41.5 Å². The summed E-state index contributed by atoms with van der Waals surface area (Å²) in [5.74, 6) is 0.101. The van der Waals surface area contributed by atoms with Crippen LogP contribution in [-0.2, 0) is 6.54 Å². The quantitative estimate of drug-likeness (QED) is 0.484. The third kappa shape index (κ3) is 4.15. The van der Waals surface area contributed by atoms with E-state index < -0.39 is 0 Å². The summed E-state index contributed by atoms with van der Waals surface area (Å²) in [6, 6.07) is 17.7. The third-order valence-electron chi connectivity index (χ3n) is 4.84. The first-order valence-corrected chi connectivity index (χ1v) is 9.73. The number of anilines is 1. The molecule has 7 heteroatoms. The van der Waals surface area contributed by atoms with E-state index in [0.29, 0.717) is 29.3 Å². The normalized spacial score (nSPS) is 11.1. The van der Waals surface area contributed by atoms with E-state index in [1.54, 1.807) is 24.5 Å². The first-order valence-electron chi connectivity index (χ1n) is 9.73. The van der Waals surface area contributed by atoms with Gasteiger partial charge in [0.25, 0.3) is 5.91 Å². The summed E-state index contributed by atoms with van der Waals surface area (Å²) in [4.78, 5) is 17.4. The number of carbonyl (C=O) groups excluding carboxylic acids is 1. The molecule has 1 amide bonds. The monoisotopic (exact) mass is 403 g/mol. The maximum atomic E-state index is 13.4. The van der Waals surface area contributed by atoms with Crippen LogP contribution in [0.2, 0.25) is 0 Å². The molecule has 0 unspecified atom stereocenters. The summed E-state index contributed by atoms with van der Waals surface area (Å²) >= 11 is 0. The molecule has 4 aromatic rings. The lowest BCUT2D eigenvalue weighted by Gasteiger charge is -2.11. The molecule has 6 nitrogen and oxygen atoms in total. The Balaban J connectivity index is 1.69. The lowest BCUT2D eigenvalue weighted by atomic mass is 10.1. The summed E-state index contributed by atoms with van der Waals surface area (Å²) in [5, 5.41) is 9.97. The number of hydrogen-bond donors (Lipinski definition) is 2. The zero-order valence-electron chi connectivity index (χ0n) is 16.8. The van der Waals surface area contributed by atoms with Gasteiger partial charge in [-0.3, -0.25) is 9.89 Å². The average molecular weight is 403 g/mol. The van der Waals surface area contributed by atoms with Gasteiger partial charge in [-0.15, -0.1) is 0 Å². The van der Waals surface area contributed by atoms with Crippen LogP contribution in [0.25, 0.3) is 11.3 Å². The second-order valence-corrected chi connectivity index (χ2v) is 7.38. The zero-order chi connectivity index (χ0) is 21.1. The van der Waals surface area contributed by atoms with Gasteiger partial charge in [0.15, 0.2) is 5.69 Å². The number of benzene rings is 2.